The molecule has 0 amide bonds. The molecule has 2 heteroatoms. The molecule has 1 nitrogen and oxygen atoms in total. The average molecular weight is 349 g/mol. The van der Waals surface area contributed by atoms with E-state index in [0.717, 1.165) is 0 Å². The number of hydrogen-bond donors (Lipinski definition) is 0. The van der Waals surface area contributed by atoms with Crippen LogP contribution in [0.4, 0.5) is 0 Å². The molecule has 2 atom stereocenters. The van der Waals surface area contributed by atoms with E-state index in [1.807, 2.05) is 0 Å². The van der Waals surface area contributed by atoms with Crippen molar-refractivity contribution in [1.82, 2.24) is 0 Å². The van der Waals surface area contributed by atoms with Crippen LogP contribution in [0.2, 0.25) is 0 Å². The van der Waals surface area contributed by atoms with Crippen LogP contribution in [0.3, 0.4) is 0 Å². The molecule has 2 rings (SSSR count). The van der Waals surface area contributed by atoms with Gasteiger partial charge in [-0.15, -0.1) is 0 Å². The molecule has 20 heavy (non-hydrogen) atoms. The summed E-state index contributed by atoms with van der Waals surface area (Å²) in [4.78, 5) is 0. The molecule has 0 spiro atoms. The second-order valence-corrected chi connectivity index (χ2v) is 7.63. The molecule has 106 valence electrons. The van der Waals surface area contributed by atoms with Gasteiger partial charge >= 0.3 is 131 Å². The van der Waals surface area contributed by atoms with Crippen molar-refractivity contribution in [3.63, 3.8) is 0 Å². The van der Waals surface area contributed by atoms with Crippen molar-refractivity contribution < 1.29 is 17.9 Å². The fourth-order valence-electron chi connectivity index (χ4n) is 2.34. The second-order valence-electron chi connectivity index (χ2n) is 6.02. The minimum atomic E-state index is -0.435. The molecule has 0 N–H and O–H groups in total. The quantitative estimate of drug-likeness (QED) is 0.710. The average Bonchev–Trinajstić information content (AvgIpc) is 2.43. The Morgan fingerprint density at radius 2 is 1.90 bits per heavy atom. The van der Waals surface area contributed by atoms with E-state index in [9.17, 15) is 0 Å². The number of benzene rings is 1. The molecule has 2 unspecified atom stereocenters. The zero-order chi connectivity index (χ0) is 14.6. The predicted molar refractivity (Wildman–Crippen MR) is 83.8 cm³/mol. The van der Waals surface area contributed by atoms with Gasteiger partial charge in [0.2, 0.25) is 0 Å². The molecule has 0 aromatic heterocycles. The van der Waals surface area contributed by atoms with E-state index in [1.54, 1.807) is 0 Å². The van der Waals surface area contributed by atoms with Crippen molar-refractivity contribution in [2.45, 2.75) is 39.2 Å². The third-order valence-electron chi connectivity index (χ3n) is 3.78. The summed E-state index contributed by atoms with van der Waals surface area (Å²) >= 11 is -0.435. The monoisotopic (exact) mass is 351 g/mol. The summed E-state index contributed by atoms with van der Waals surface area (Å²) in [5.74, 6) is 0.540. The molecule has 1 aromatic rings. The summed E-state index contributed by atoms with van der Waals surface area (Å²) in [5.41, 5.74) is 2.90. The minimum absolute atomic E-state index is 0.123. The standard InChI is InChI=1S/C10H12.C8H11N.Mo/c1-10(2,3)9-7-5-4-6-8-9;1-6-4-3-5-7(2)8(6)9;/h1,4-8H,2-3H3;3-6,8H,1-2H3;. The van der Waals surface area contributed by atoms with E-state index >= 15 is 0 Å². The Morgan fingerprint density at radius 3 is 2.55 bits per heavy atom. The SMILES string of the molecule is CC1=CC=CC(C)C1[N]=[Mo]=[CH]C(C)(C)c1ccccc1. The molecule has 0 radical (unpaired) electrons. The molecule has 0 fully saturated rings. The van der Waals surface area contributed by atoms with Crippen LogP contribution in [0, 0.1) is 5.92 Å². The summed E-state index contributed by atoms with van der Waals surface area (Å²) in [6.07, 6.45) is 6.62. The Kier molecular flexibility index (Phi) is 5.16. The van der Waals surface area contributed by atoms with Gasteiger partial charge in [-0.1, -0.05) is 0 Å². The first-order valence-electron chi connectivity index (χ1n) is 7.11. The van der Waals surface area contributed by atoms with Crippen LogP contribution in [0.25, 0.3) is 0 Å². The van der Waals surface area contributed by atoms with Gasteiger partial charge < -0.3 is 0 Å². The van der Waals surface area contributed by atoms with Crippen molar-refractivity contribution in [2.75, 3.05) is 0 Å². The van der Waals surface area contributed by atoms with Gasteiger partial charge in [-0.2, -0.15) is 0 Å². The van der Waals surface area contributed by atoms with Crippen molar-refractivity contribution in [2.24, 2.45) is 9.41 Å². The molecular weight excluding hydrogens is 326 g/mol. The van der Waals surface area contributed by atoms with Gasteiger partial charge in [-0.3, -0.25) is 0 Å². The Bertz CT molecular complexity index is 575. The number of allylic oxidation sites excluding steroid dienone is 2. The molecule has 0 bridgehead atoms. The van der Waals surface area contributed by atoms with Gasteiger partial charge in [0.1, 0.15) is 0 Å². The van der Waals surface area contributed by atoms with Gasteiger partial charge in [0, 0.05) is 0 Å². The molecule has 0 saturated carbocycles. The van der Waals surface area contributed by atoms with Gasteiger partial charge in [-0.05, 0) is 0 Å². The molecule has 1 aliphatic rings. The van der Waals surface area contributed by atoms with Crippen LogP contribution in [-0.2, 0) is 23.3 Å². The van der Waals surface area contributed by atoms with Crippen molar-refractivity contribution in [3.05, 3.63) is 59.7 Å². The van der Waals surface area contributed by atoms with Gasteiger partial charge in [0.15, 0.2) is 0 Å². The maximum absolute atomic E-state index is 5.01. The summed E-state index contributed by atoms with van der Waals surface area (Å²) in [6, 6.07) is 11.1. The topological polar surface area (TPSA) is 12.4 Å². The fraction of sp³-hybridized carbons (Fsp3) is 0.389. The molecule has 0 aliphatic heterocycles. The zero-order valence-electron chi connectivity index (χ0n) is 12.7. The van der Waals surface area contributed by atoms with Crippen molar-refractivity contribution in [1.29, 1.82) is 0 Å². The van der Waals surface area contributed by atoms with Crippen LogP contribution < -0.4 is 0 Å². The molecule has 1 aromatic carbocycles. The summed E-state index contributed by atoms with van der Waals surface area (Å²) in [5, 5.41) is 0. The first-order valence-corrected chi connectivity index (χ1v) is 9.17. The fourth-order valence-corrected chi connectivity index (χ4v) is 4.68. The van der Waals surface area contributed by atoms with Crippen LogP contribution in [0.5, 0.6) is 0 Å². The summed E-state index contributed by atoms with van der Waals surface area (Å²) in [6.45, 7) is 9.03. The Morgan fingerprint density at radius 1 is 1.20 bits per heavy atom. The Hall–Kier alpha value is -0.942. The first-order chi connectivity index (χ1) is 9.50. The van der Waals surface area contributed by atoms with Crippen LogP contribution in [-0.4, -0.2) is 10.4 Å². The van der Waals surface area contributed by atoms with E-state index in [1.165, 1.54) is 11.1 Å². The normalized spacial score (nSPS) is 22.1. The van der Waals surface area contributed by atoms with Gasteiger partial charge in [0.05, 0.1) is 0 Å². The third-order valence-corrected chi connectivity index (χ3v) is 6.34. The number of nitrogens with zero attached hydrogens (tertiary/aromatic N) is 1. The van der Waals surface area contributed by atoms with Gasteiger partial charge in [-0.25, -0.2) is 0 Å². The molecule has 0 heterocycles. The zero-order valence-corrected chi connectivity index (χ0v) is 14.7. The number of hydrogen-bond acceptors (Lipinski definition) is 1. The maximum atomic E-state index is 5.01. The van der Waals surface area contributed by atoms with Gasteiger partial charge in [0.25, 0.3) is 0 Å². The summed E-state index contributed by atoms with van der Waals surface area (Å²) < 4.78 is 7.46. The first kappa shape index (κ1) is 15.4. The number of rotatable bonds is 3. The van der Waals surface area contributed by atoms with E-state index in [2.05, 4.69) is 80.7 Å². The van der Waals surface area contributed by atoms with Crippen LogP contribution in [0.1, 0.15) is 33.3 Å². The van der Waals surface area contributed by atoms with E-state index in [-0.39, 0.29) is 5.41 Å². The predicted octanol–water partition coefficient (Wildman–Crippen LogP) is 4.55. The van der Waals surface area contributed by atoms with E-state index < -0.39 is 17.9 Å². The second kappa shape index (κ2) is 6.67. The van der Waals surface area contributed by atoms with Crippen LogP contribution in [0.15, 0.2) is 57.6 Å². The molecular formula is C18H23MoN. The Balaban J connectivity index is 2.18. The summed E-state index contributed by atoms with van der Waals surface area (Å²) in [7, 11) is 0. The van der Waals surface area contributed by atoms with E-state index in [0.29, 0.717) is 12.0 Å². The Labute approximate surface area is 130 Å². The van der Waals surface area contributed by atoms with Crippen molar-refractivity contribution >= 4 is 4.40 Å². The van der Waals surface area contributed by atoms with E-state index in [4.69, 9.17) is 3.50 Å². The molecule has 1 aliphatic carbocycles. The van der Waals surface area contributed by atoms with Crippen molar-refractivity contribution in [3.8, 4) is 0 Å². The molecule has 0 saturated heterocycles. The van der Waals surface area contributed by atoms with Crippen LogP contribution >= 0.6 is 0 Å². The third kappa shape index (κ3) is 3.79.